The number of carbonyl (C=O) groups excluding carboxylic acids is 1. The predicted molar refractivity (Wildman–Crippen MR) is 292 cm³/mol. The molecule has 17 nitrogen and oxygen atoms in total. The molecule has 3 saturated heterocycles. The number of hydrogen-bond acceptors (Lipinski definition) is 14. The van der Waals surface area contributed by atoms with Gasteiger partial charge in [0.25, 0.3) is 21.6 Å². The van der Waals surface area contributed by atoms with Crippen LogP contribution in [-0.2, 0) is 21.3 Å². The number of benzene rings is 4. The second kappa shape index (κ2) is 21.3. The van der Waals surface area contributed by atoms with E-state index in [0.29, 0.717) is 36.1 Å². The van der Waals surface area contributed by atoms with Gasteiger partial charge in [0.15, 0.2) is 11.3 Å². The summed E-state index contributed by atoms with van der Waals surface area (Å²) in [5.74, 6) is 0.0457. The highest BCUT2D eigenvalue weighted by molar-refractivity contribution is 7.90. The van der Waals surface area contributed by atoms with Gasteiger partial charge in [-0.2, -0.15) is 0 Å². The Bertz CT molecular complexity index is 3510. The molecule has 0 radical (unpaired) electrons. The Morgan fingerprint density at radius 1 is 0.962 bits per heavy atom. The molecule has 11 rings (SSSR count). The Kier molecular flexibility index (Phi) is 14.4. The number of aryl methyl sites for hydroxylation is 1. The molecule has 7 aromatic rings. The fourth-order valence-corrected chi connectivity index (χ4v) is 13.2. The minimum Gasteiger partial charge on any atom is -0.493 e. The van der Waals surface area contributed by atoms with E-state index in [4.69, 9.17) is 18.6 Å². The van der Waals surface area contributed by atoms with E-state index in [9.17, 15) is 23.3 Å². The number of ether oxygens (including phenoxy) is 3. The van der Waals surface area contributed by atoms with Gasteiger partial charge in [0, 0.05) is 113 Å². The Morgan fingerprint density at radius 3 is 2.50 bits per heavy atom. The monoisotopic (exact) mass is 1090 g/mol. The number of rotatable bonds is 16. The number of alkyl halides is 1. The number of furan rings is 1. The summed E-state index contributed by atoms with van der Waals surface area (Å²) in [6.07, 6.45) is 7.01. The highest BCUT2D eigenvalue weighted by atomic mass is 32.2. The number of pyridine rings is 1. The van der Waals surface area contributed by atoms with Crippen LogP contribution in [0.3, 0.4) is 0 Å². The maximum absolute atomic E-state index is 16.6. The molecule has 4 fully saturated rings. The number of fused-ring (bicyclic) bond motifs is 2. The number of piperazine rings is 1. The van der Waals surface area contributed by atoms with Gasteiger partial charge in [-0.3, -0.25) is 24.7 Å². The number of methoxy groups -OCH3 is 1. The molecule has 0 unspecified atom stereocenters. The topological polar surface area (TPSA) is 198 Å². The first kappa shape index (κ1) is 52.9. The summed E-state index contributed by atoms with van der Waals surface area (Å²) in [4.78, 5) is 39.5. The van der Waals surface area contributed by atoms with Gasteiger partial charge in [-0.1, -0.05) is 38.1 Å². The van der Waals surface area contributed by atoms with Gasteiger partial charge in [0.1, 0.15) is 40.1 Å². The van der Waals surface area contributed by atoms with Crippen LogP contribution in [0.1, 0.15) is 97.1 Å². The standard InChI is InChI=1S/C58H64F2N8O9S/c1-36(2)44-7-5-6-8-45(44)51-34-65(33-38-24-40-23-37(3)76-54(40)53(25-38)74-4)19-20-67(51)41-30-57(31-41)12-17-66(18-13-57)49-29-52(77-42-26-39-11-16-61-55(39)62-32-42)46(28-47(49)59)56(69)64-78(72,73)43-9-10-48(50(27-43)68(70)71)63-35-58(60)14-21-75-22-15-58/h5-11,16,23-29,32,36,41,51,63H,12-15,17-22,30-31,33-35H2,1-4H3,(H,61,62)(H,64,69)/t51-/m0/s1. The summed E-state index contributed by atoms with van der Waals surface area (Å²) in [5, 5.41) is 16.7. The molecule has 1 amide bonds. The number of nitrogens with zero attached hydrogens (tertiary/aromatic N) is 5. The number of nitro benzene ring substituents is 1. The summed E-state index contributed by atoms with van der Waals surface area (Å²) in [7, 11) is -3.11. The number of hydrogen-bond donors (Lipinski definition) is 3. The fraction of sp³-hybridized carbons (Fsp3) is 0.414. The normalized spacial score (nSPS) is 19.1. The van der Waals surface area contributed by atoms with Crippen molar-refractivity contribution in [1.82, 2.24) is 24.5 Å². The molecular formula is C58H64F2N8O9S. The third kappa shape index (κ3) is 10.7. The fourth-order valence-electron chi connectivity index (χ4n) is 12.2. The van der Waals surface area contributed by atoms with E-state index in [0.717, 1.165) is 98.6 Å². The maximum Gasteiger partial charge on any atom is 0.293 e. The first-order valence-corrected chi connectivity index (χ1v) is 28.1. The van der Waals surface area contributed by atoms with Crippen LogP contribution in [-0.4, -0.2) is 110 Å². The summed E-state index contributed by atoms with van der Waals surface area (Å²) in [5.41, 5.74) is 2.68. The number of H-pyrrole nitrogens is 1. The van der Waals surface area contributed by atoms with Gasteiger partial charge < -0.3 is 33.8 Å². The molecule has 1 saturated carbocycles. The lowest BCUT2D eigenvalue weighted by Crippen LogP contribution is -2.60. The van der Waals surface area contributed by atoms with Crippen molar-refractivity contribution < 1.29 is 45.5 Å². The minimum atomic E-state index is -4.79. The van der Waals surface area contributed by atoms with Crippen molar-refractivity contribution in [3.8, 4) is 17.2 Å². The van der Waals surface area contributed by atoms with Crippen LogP contribution >= 0.6 is 0 Å². The zero-order valence-electron chi connectivity index (χ0n) is 44.2. The summed E-state index contributed by atoms with van der Waals surface area (Å²) < 4.78 is 84.8. The van der Waals surface area contributed by atoms with Gasteiger partial charge >= 0.3 is 0 Å². The molecular weight excluding hydrogens is 1020 g/mol. The van der Waals surface area contributed by atoms with Crippen LogP contribution in [0, 0.1) is 28.3 Å². The van der Waals surface area contributed by atoms with E-state index >= 15 is 8.78 Å². The minimum absolute atomic E-state index is 0.0697. The molecule has 20 heteroatoms. The van der Waals surface area contributed by atoms with E-state index in [1.165, 1.54) is 29.0 Å². The van der Waals surface area contributed by atoms with E-state index in [1.54, 1.807) is 25.4 Å². The zero-order chi connectivity index (χ0) is 54.5. The molecule has 3 N–H and O–H groups in total. The number of carbonyl (C=O) groups is 1. The van der Waals surface area contributed by atoms with Crippen LogP contribution in [0.2, 0.25) is 0 Å². The van der Waals surface area contributed by atoms with Crippen molar-refractivity contribution in [1.29, 1.82) is 0 Å². The first-order chi connectivity index (χ1) is 37.5. The average Bonchev–Trinajstić information content (AvgIpc) is 4.20. The van der Waals surface area contributed by atoms with Crippen molar-refractivity contribution in [2.24, 2.45) is 5.41 Å². The van der Waals surface area contributed by atoms with Crippen LogP contribution < -0.4 is 24.4 Å². The number of anilines is 2. The predicted octanol–water partition coefficient (Wildman–Crippen LogP) is 10.9. The molecule has 1 atom stereocenters. The van der Waals surface area contributed by atoms with Crippen molar-refractivity contribution in [2.45, 2.75) is 94.4 Å². The second-order valence-electron chi connectivity index (χ2n) is 21.9. The van der Waals surface area contributed by atoms with Crippen molar-refractivity contribution in [2.75, 3.05) is 69.8 Å². The third-order valence-corrected chi connectivity index (χ3v) is 17.8. The lowest BCUT2D eigenvalue weighted by atomic mass is 9.59. The number of nitro groups is 1. The number of aromatic amines is 1. The molecule has 0 bridgehead atoms. The third-order valence-electron chi connectivity index (χ3n) is 16.4. The number of nitrogens with one attached hydrogen (secondary N) is 3. The van der Waals surface area contributed by atoms with Crippen molar-refractivity contribution in [3.05, 3.63) is 141 Å². The molecule has 4 aromatic carbocycles. The second-order valence-corrected chi connectivity index (χ2v) is 23.6. The first-order valence-electron chi connectivity index (χ1n) is 26.7. The quantitative estimate of drug-likeness (QED) is 0.0610. The lowest BCUT2D eigenvalue weighted by molar-refractivity contribution is -0.384. The summed E-state index contributed by atoms with van der Waals surface area (Å²) in [6, 6.07) is 24.6. The largest absolute Gasteiger partial charge is 0.493 e. The highest BCUT2D eigenvalue weighted by Gasteiger charge is 2.50. The Balaban J connectivity index is 0.800. The Labute approximate surface area is 451 Å². The zero-order valence-corrected chi connectivity index (χ0v) is 45.0. The van der Waals surface area contributed by atoms with Gasteiger partial charge in [0.05, 0.1) is 34.4 Å². The van der Waals surface area contributed by atoms with Gasteiger partial charge in [0.2, 0.25) is 0 Å². The number of sulfonamides is 1. The average molecular weight is 1090 g/mol. The molecule has 4 aliphatic rings. The molecule has 410 valence electrons. The van der Waals surface area contributed by atoms with Gasteiger partial charge in [-0.25, -0.2) is 26.9 Å². The van der Waals surface area contributed by atoms with Crippen molar-refractivity contribution >= 4 is 55.0 Å². The number of amides is 1. The molecule has 1 aliphatic carbocycles. The van der Waals surface area contributed by atoms with Gasteiger partial charge in [-0.05, 0) is 109 Å². The smallest absolute Gasteiger partial charge is 0.293 e. The Hall–Kier alpha value is -7.13. The van der Waals surface area contributed by atoms with Crippen LogP contribution in [0.5, 0.6) is 17.2 Å². The molecule has 3 aromatic heterocycles. The SMILES string of the molecule is COc1cc(CN2CCN(C3CC4(CCN(c5cc(Oc6cnc7[nH]ccc7c6)c(C(=O)NS(=O)(=O)c6ccc(NCC7(F)CCOCC7)c([N+](=O)[O-])c6)cc5F)CC4)C3)[C@H](c3ccccc3C(C)C)C2)cc2cc(C)oc12. The number of halogens is 2. The van der Waals surface area contributed by atoms with Crippen LogP contribution in [0.25, 0.3) is 22.0 Å². The molecule has 6 heterocycles. The Morgan fingerprint density at radius 2 is 1.74 bits per heavy atom. The highest BCUT2D eigenvalue weighted by Crippen LogP contribution is 2.54. The van der Waals surface area contributed by atoms with E-state index < -0.39 is 48.5 Å². The van der Waals surface area contributed by atoms with E-state index in [-0.39, 0.29) is 66.9 Å². The molecule has 78 heavy (non-hydrogen) atoms. The maximum atomic E-state index is 16.6. The van der Waals surface area contributed by atoms with Crippen LogP contribution in [0.4, 0.5) is 25.8 Å². The van der Waals surface area contributed by atoms with Gasteiger partial charge in [-0.15, -0.1) is 0 Å². The summed E-state index contributed by atoms with van der Waals surface area (Å²) >= 11 is 0. The van der Waals surface area contributed by atoms with E-state index in [1.807, 2.05) is 16.5 Å². The number of piperidine rings is 1. The van der Waals surface area contributed by atoms with Crippen molar-refractivity contribution in [3.63, 3.8) is 0 Å². The lowest BCUT2D eigenvalue weighted by Gasteiger charge is -2.58. The summed E-state index contributed by atoms with van der Waals surface area (Å²) in [6.45, 7) is 11.2. The van der Waals surface area contributed by atoms with E-state index in [2.05, 4.69) is 81.4 Å². The van der Waals surface area contributed by atoms with Crippen LogP contribution in [0.15, 0.2) is 107 Å². The molecule has 3 aliphatic heterocycles. The number of aromatic nitrogens is 2. The molecule has 1 spiro atoms.